The first-order chi connectivity index (χ1) is 6.34. The molecule has 0 aromatic heterocycles. The van der Waals surface area contributed by atoms with Crippen LogP contribution in [-0.2, 0) is 4.79 Å². The number of unbranched alkanes of at least 4 members (excludes halogenated alkanes) is 1. The normalized spacial score (nSPS) is 22.6. The van der Waals surface area contributed by atoms with Crippen molar-refractivity contribution in [1.82, 2.24) is 0 Å². The van der Waals surface area contributed by atoms with Gasteiger partial charge in [-0.05, 0) is 31.4 Å². The molecule has 1 rings (SSSR count). The van der Waals surface area contributed by atoms with E-state index in [0.29, 0.717) is 11.0 Å². The second-order valence-corrected chi connectivity index (χ2v) is 4.81. The number of carbonyl (C=O) groups is 1. The van der Waals surface area contributed by atoms with Gasteiger partial charge in [0.15, 0.2) is 0 Å². The molecule has 0 N–H and O–H groups in total. The number of carbonyl (C=O) groups excluding carboxylic acids is 1. The monoisotopic (exact) mass is 198 g/mol. The van der Waals surface area contributed by atoms with Crippen LogP contribution in [0.25, 0.3) is 0 Å². The highest BCUT2D eigenvalue weighted by Crippen LogP contribution is 2.26. The van der Waals surface area contributed by atoms with Gasteiger partial charge in [0.05, 0.1) is 5.25 Å². The van der Waals surface area contributed by atoms with E-state index in [9.17, 15) is 4.79 Å². The lowest BCUT2D eigenvalue weighted by Crippen LogP contribution is -2.20. The highest BCUT2D eigenvalue weighted by atomic mass is 32.2. The zero-order chi connectivity index (χ0) is 9.52. The highest BCUT2D eigenvalue weighted by molar-refractivity contribution is 8.00. The minimum absolute atomic E-state index is 0.318. The first-order valence-electron chi connectivity index (χ1n) is 5.10. The van der Waals surface area contributed by atoms with Crippen molar-refractivity contribution in [2.24, 2.45) is 0 Å². The molecule has 0 saturated carbocycles. The maximum absolute atomic E-state index is 11.6. The third-order valence-corrected chi connectivity index (χ3v) is 3.80. The fourth-order valence-corrected chi connectivity index (χ4v) is 2.87. The van der Waals surface area contributed by atoms with Gasteiger partial charge in [0.2, 0.25) is 0 Å². The quantitative estimate of drug-likeness (QED) is 0.498. The molecule has 0 amide bonds. The second-order valence-electron chi connectivity index (χ2n) is 3.50. The van der Waals surface area contributed by atoms with E-state index in [-0.39, 0.29) is 0 Å². The molecule has 13 heavy (non-hydrogen) atoms. The number of ketones is 1. The molecule has 1 unspecified atom stereocenters. The summed E-state index contributed by atoms with van der Waals surface area (Å²) in [5.74, 6) is 1.64. The molecule has 1 atom stereocenters. The Kier molecular flexibility index (Phi) is 5.21. The smallest absolute Gasteiger partial charge is 0.145 e. The molecule has 0 spiro atoms. The molecule has 2 heteroatoms. The lowest BCUT2D eigenvalue weighted by Gasteiger charge is -2.19. The SMILES string of the molecule is C=CCCCC(=O)C1CCCCS1. The van der Waals surface area contributed by atoms with Crippen molar-refractivity contribution in [3.05, 3.63) is 12.7 Å². The molecule has 1 nitrogen and oxygen atoms in total. The van der Waals surface area contributed by atoms with Gasteiger partial charge < -0.3 is 0 Å². The van der Waals surface area contributed by atoms with Gasteiger partial charge in [-0.2, -0.15) is 11.8 Å². The van der Waals surface area contributed by atoms with Gasteiger partial charge in [0.25, 0.3) is 0 Å². The lowest BCUT2D eigenvalue weighted by atomic mass is 10.1. The second kappa shape index (κ2) is 6.25. The maximum Gasteiger partial charge on any atom is 0.145 e. The van der Waals surface area contributed by atoms with E-state index in [1.807, 2.05) is 17.8 Å². The van der Waals surface area contributed by atoms with Crippen molar-refractivity contribution in [2.75, 3.05) is 5.75 Å². The van der Waals surface area contributed by atoms with Crippen molar-refractivity contribution in [1.29, 1.82) is 0 Å². The number of allylic oxidation sites excluding steroid dienone is 1. The first-order valence-corrected chi connectivity index (χ1v) is 6.14. The van der Waals surface area contributed by atoms with Crippen molar-refractivity contribution in [3.8, 4) is 0 Å². The van der Waals surface area contributed by atoms with E-state index in [0.717, 1.165) is 25.7 Å². The van der Waals surface area contributed by atoms with Gasteiger partial charge in [0, 0.05) is 6.42 Å². The van der Waals surface area contributed by atoms with Crippen LogP contribution in [0.4, 0.5) is 0 Å². The summed E-state index contributed by atoms with van der Waals surface area (Å²) in [4.78, 5) is 11.6. The summed E-state index contributed by atoms with van der Waals surface area (Å²) in [6, 6.07) is 0. The summed E-state index contributed by atoms with van der Waals surface area (Å²) in [7, 11) is 0. The molecule has 74 valence electrons. The molecule has 0 aromatic rings. The molecule has 1 fully saturated rings. The average Bonchev–Trinajstić information content (AvgIpc) is 2.19. The van der Waals surface area contributed by atoms with Crippen LogP contribution in [0, 0.1) is 0 Å². The van der Waals surface area contributed by atoms with Crippen LogP contribution in [0.15, 0.2) is 12.7 Å². The van der Waals surface area contributed by atoms with Gasteiger partial charge in [-0.1, -0.05) is 12.5 Å². The Balaban J connectivity index is 2.17. The predicted octanol–water partition coefficient (Wildman–Crippen LogP) is 3.20. The molecule has 1 saturated heterocycles. The minimum atomic E-state index is 0.318. The highest BCUT2D eigenvalue weighted by Gasteiger charge is 2.20. The molecular formula is C11H18OS. The molecule has 0 aliphatic carbocycles. The molecule has 1 aliphatic rings. The van der Waals surface area contributed by atoms with Crippen LogP contribution < -0.4 is 0 Å². The van der Waals surface area contributed by atoms with E-state index in [4.69, 9.17) is 0 Å². The third kappa shape index (κ3) is 3.99. The summed E-state index contributed by atoms with van der Waals surface area (Å²) in [6.45, 7) is 3.65. The van der Waals surface area contributed by atoms with Crippen molar-refractivity contribution < 1.29 is 4.79 Å². The fraction of sp³-hybridized carbons (Fsp3) is 0.727. The van der Waals surface area contributed by atoms with Gasteiger partial charge >= 0.3 is 0 Å². The number of thioether (sulfide) groups is 1. The topological polar surface area (TPSA) is 17.1 Å². The molecule has 1 aliphatic heterocycles. The minimum Gasteiger partial charge on any atom is -0.298 e. The van der Waals surface area contributed by atoms with Gasteiger partial charge in [-0.15, -0.1) is 6.58 Å². The predicted molar refractivity (Wildman–Crippen MR) is 59.2 cm³/mol. The van der Waals surface area contributed by atoms with E-state index < -0.39 is 0 Å². The first kappa shape index (κ1) is 10.8. The maximum atomic E-state index is 11.6. The van der Waals surface area contributed by atoms with Crippen molar-refractivity contribution in [3.63, 3.8) is 0 Å². The summed E-state index contributed by atoms with van der Waals surface area (Å²) in [6.07, 6.45) is 8.25. The van der Waals surface area contributed by atoms with E-state index in [2.05, 4.69) is 6.58 Å². The Hall–Kier alpha value is -0.240. The number of rotatable bonds is 5. The van der Waals surface area contributed by atoms with E-state index >= 15 is 0 Å². The summed E-state index contributed by atoms with van der Waals surface area (Å²) >= 11 is 1.85. The van der Waals surface area contributed by atoms with Crippen LogP contribution in [0.3, 0.4) is 0 Å². The molecule has 0 radical (unpaired) electrons. The Morgan fingerprint density at radius 1 is 1.54 bits per heavy atom. The molecule has 0 bridgehead atoms. The Bertz CT molecular complexity index is 171. The van der Waals surface area contributed by atoms with E-state index in [1.54, 1.807) is 0 Å². The zero-order valence-corrected chi connectivity index (χ0v) is 8.94. The van der Waals surface area contributed by atoms with Crippen molar-refractivity contribution in [2.45, 2.75) is 43.8 Å². The average molecular weight is 198 g/mol. The van der Waals surface area contributed by atoms with Crippen molar-refractivity contribution >= 4 is 17.5 Å². The molecule has 0 aromatic carbocycles. The summed E-state index contributed by atoms with van der Waals surface area (Å²) in [5.41, 5.74) is 0. The van der Waals surface area contributed by atoms with Crippen LogP contribution >= 0.6 is 11.8 Å². The Labute approximate surface area is 85.0 Å². The summed E-state index contributed by atoms with van der Waals surface area (Å²) < 4.78 is 0. The number of Topliss-reactive ketones (excluding diaryl/α,β-unsaturated/α-hetero) is 1. The van der Waals surface area contributed by atoms with Crippen LogP contribution in [0.1, 0.15) is 38.5 Å². The van der Waals surface area contributed by atoms with Crippen LogP contribution in [0.2, 0.25) is 0 Å². The standard InChI is InChI=1S/C11H18OS/c1-2-3-4-7-10(12)11-8-5-6-9-13-11/h2,11H,1,3-9H2. The molecular weight excluding hydrogens is 180 g/mol. The fourth-order valence-electron chi connectivity index (χ4n) is 1.58. The van der Waals surface area contributed by atoms with Crippen LogP contribution in [-0.4, -0.2) is 16.8 Å². The number of hydrogen-bond acceptors (Lipinski definition) is 2. The van der Waals surface area contributed by atoms with E-state index in [1.165, 1.54) is 18.6 Å². The largest absolute Gasteiger partial charge is 0.298 e. The molecule has 1 heterocycles. The third-order valence-electron chi connectivity index (χ3n) is 2.37. The van der Waals surface area contributed by atoms with Crippen LogP contribution in [0.5, 0.6) is 0 Å². The number of hydrogen-bond donors (Lipinski definition) is 0. The van der Waals surface area contributed by atoms with Gasteiger partial charge in [0.1, 0.15) is 5.78 Å². The summed E-state index contributed by atoms with van der Waals surface area (Å²) in [5, 5.41) is 0.318. The Morgan fingerprint density at radius 2 is 2.38 bits per heavy atom. The lowest BCUT2D eigenvalue weighted by molar-refractivity contribution is -0.118. The van der Waals surface area contributed by atoms with Gasteiger partial charge in [-0.25, -0.2) is 0 Å². The van der Waals surface area contributed by atoms with Gasteiger partial charge in [-0.3, -0.25) is 4.79 Å². The zero-order valence-electron chi connectivity index (χ0n) is 8.13. The Morgan fingerprint density at radius 3 is 3.00 bits per heavy atom.